The summed E-state index contributed by atoms with van der Waals surface area (Å²) in [5.41, 5.74) is 4.58. The molecule has 0 aromatic heterocycles. The maximum Gasteiger partial charge on any atom is 0.283 e. The maximum atomic E-state index is 14.9. The minimum atomic E-state index is -4.19. The molecule has 5 aromatic carbocycles. The molecule has 1 saturated heterocycles. The molecular weight excluding hydrogens is 595 g/mol. The van der Waals surface area contributed by atoms with E-state index in [-0.39, 0.29) is 23.2 Å². The van der Waals surface area contributed by atoms with E-state index < -0.39 is 27.4 Å². The van der Waals surface area contributed by atoms with Crippen LogP contribution in [-0.4, -0.2) is 25.2 Å². The van der Waals surface area contributed by atoms with Crippen LogP contribution in [0.2, 0.25) is 0 Å². The summed E-state index contributed by atoms with van der Waals surface area (Å²) in [5, 5.41) is 4.82. The van der Waals surface area contributed by atoms with E-state index in [4.69, 9.17) is 4.84 Å². The Morgan fingerprint density at radius 1 is 0.739 bits per heavy atom. The largest absolute Gasteiger partial charge is 0.342 e. The fourth-order valence-electron chi connectivity index (χ4n) is 6.71. The van der Waals surface area contributed by atoms with Crippen molar-refractivity contribution in [2.45, 2.75) is 42.7 Å². The highest BCUT2D eigenvalue weighted by molar-refractivity contribution is 7.90. The molecule has 2 heterocycles. The Morgan fingerprint density at radius 3 is 2.00 bits per heavy atom. The molecule has 2 aliphatic heterocycles. The smallest absolute Gasteiger partial charge is 0.283 e. The third-order valence-electron chi connectivity index (χ3n) is 8.87. The molecule has 0 saturated carbocycles. The van der Waals surface area contributed by atoms with Crippen LogP contribution >= 0.6 is 0 Å². The van der Waals surface area contributed by atoms with E-state index in [1.54, 1.807) is 24.3 Å². The van der Waals surface area contributed by atoms with E-state index in [9.17, 15) is 13.2 Å². The molecule has 7 rings (SSSR count). The van der Waals surface area contributed by atoms with Gasteiger partial charge < -0.3 is 5.32 Å². The lowest BCUT2D eigenvalue weighted by Crippen LogP contribution is -2.44. The molecule has 3 atom stereocenters. The monoisotopic (exact) mass is 627 g/mol. The predicted octanol–water partition coefficient (Wildman–Crippen LogP) is 7.25. The Balaban J connectivity index is 1.51. The molecule has 0 bridgehead atoms. The van der Waals surface area contributed by atoms with Gasteiger partial charge in [0.05, 0.1) is 16.2 Å². The number of nitrogens with one attached hydrogen (secondary N) is 1. The summed E-state index contributed by atoms with van der Waals surface area (Å²) < 4.78 is 32.6. The Kier molecular flexibility index (Phi) is 7.55. The molecule has 3 unspecified atom stereocenters. The van der Waals surface area contributed by atoms with Crippen molar-refractivity contribution in [2.24, 2.45) is 4.40 Å². The van der Waals surface area contributed by atoms with Crippen LogP contribution < -0.4 is 5.32 Å². The second-order valence-electron chi connectivity index (χ2n) is 11.8. The number of aryl methyl sites for hydroxylation is 2. The van der Waals surface area contributed by atoms with Gasteiger partial charge in [-0.1, -0.05) is 126 Å². The van der Waals surface area contributed by atoms with Crippen molar-refractivity contribution in [1.29, 1.82) is 0 Å². The highest BCUT2D eigenvalue weighted by atomic mass is 32.2. The van der Waals surface area contributed by atoms with Gasteiger partial charge in [0.2, 0.25) is 0 Å². The van der Waals surface area contributed by atoms with Crippen molar-refractivity contribution < 1.29 is 18.0 Å². The Bertz CT molecular complexity index is 2030. The quantitative estimate of drug-likeness (QED) is 0.205. The fourth-order valence-corrected chi connectivity index (χ4v) is 7.73. The zero-order valence-electron chi connectivity index (χ0n) is 25.5. The highest BCUT2D eigenvalue weighted by Gasteiger charge is 2.67. The third kappa shape index (κ3) is 5.00. The zero-order valence-corrected chi connectivity index (χ0v) is 26.3. The number of anilines is 1. The van der Waals surface area contributed by atoms with Crippen LogP contribution in [0.5, 0.6) is 0 Å². The van der Waals surface area contributed by atoms with Crippen LogP contribution in [0.4, 0.5) is 5.69 Å². The number of amidine groups is 1. The van der Waals surface area contributed by atoms with Gasteiger partial charge in [-0.25, -0.2) is 5.06 Å². The minimum Gasteiger partial charge on any atom is -0.342 e. The summed E-state index contributed by atoms with van der Waals surface area (Å²) >= 11 is 0. The van der Waals surface area contributed by atoms with Crippen molar-refractivity contribution in [1.82, 2.24) is 5.06 Å². The third-order valence-corrected chi connectivity index (χ3v) is 10.2. The first kappa shape index (κ1) is 29.6. The van der Waals surface area contributed by atoms with Crippen molar-refractivity contribution in [3.8, 4) is 0 Å². The van der Waals surface area contributed by atoms with Gasteiger partial charge in [0.15, 0.2) is 0 Å². The van der Waals surface area contributed by atoms with Crippen molar-refractivity contribution in [2.75, 3.05) is 5.32 Å². The maximum absolute atomic E-state index is 14.9. The first-order valence-corrected chi connectivity index (χ1v) is 16.6. The Labute approximate surface area is 269 Å². The first-order chi connectivity index (χ1) is 22.3. The minimum absolute atomic E-state index is 0.0724. The van der Waals surface area contributed by atoms with Crippen molar-refractivity contribution in [3.05, 3.63) is 167 Å². The summed E-state index contributed by atoms with van der Waals surface area (Å²) in [4.78, 5) is 21.5. The number of hydrogen-bond acceptors (Lipinski definition) is 4. The van der Waals surface area contributed by atoms with E-state index in [0.717, 1.165) is 33.4 Å². The second kappa shape index (κ2) is 11.7. The van der Waals surface area contributed by atoms with E-state index in [2.05, 4.69) is 9.71 Å². The SMILES string of the molecule is Cc1ccc(C2N(OCc3ccccc3)C(=O)C(c3ccccc3)C23/C(=N/S(=O)(=O)c2ccc(C)cc2)Nc2ccccc23)cc1. The van der Waals surface area contributed by atoms with E-state index >= 15 is 0 Å². The van der Waals surface area contributed by atoms with Crippen LogP contribution in [0.3, 0.4) is 0 Å². The topological polar surface area (TPSA) is 88.1 Å². The first-order valence-electron chi connectivity index (χ1n) is 15.2. The Hall–Kier alpha value is -5.05. The van der Waals surface area contributed by atoms with Crippen LogP contribution in [0.1, 0.15) is 45.3 Å². The second-order valence-corrected chi connectivity index (χ2v) is 13.5. The van der Waals surface area contributed by atoms with Gasteiger partial charge in [-0.15, -0.1) is 4.40 Å². The number of sulfonamides is 1. The molecule has 7 nitrogen and oxygen atoms in total. The number of carbonyl (C=O) groups is 1. The number of benzene rings is 5. The number of carbonyl (C=O) groups excluding carboxylic acids is 1. The fraction of sp³-hybridized carbons (Fsp3) is 0.158. The molecule has 0 radical (unpaired) electrons. The average molecular weight is 628 g/mol. The summed E-state index contributed by atoms with van der Waals surface area (Å²) in [6.07, 6.45) is 0. The molecule has 8 heteroatoms. The van der Waals surface area contributed by atoms with E-state index in [1.165, 1.54) is 5.06 Å². The highest BCUT2D eigenvalue weighted by Crippen LogP contribution is 2.61. The van der Waals surface area contributed by atoms with Crippen LogP contribution in [-0.2, 0) is 31.7 Å². The molecule has 0 aliphatic carbocycles. The van der Waals surface area contributed by atoms with Gasteiger partial charge in [0, 0.05) is 5.69 Å². The van der Waals surface area contributed by atoms with E-state index in [0.29, 0.717) is 5.69 Å². The van der Waals surface area contributed by atoms with Gasteiger partial charge in [0.1, 0.15) is 18.5 Å². The Morgan fingerprint density at radius 2 is 1.33 bits per heavy atom. The molecule has 46 heavy (non-hydrogen) atoms. The molecule has 1 amide bonds. The summed E-state index contributed by atoms with van der Waals surface area (Å²) in [7, 11) is -4.19. The van der Waals surface area contributed by atoms with Crippen molar-refractivity contribution in [3.63, 3.8) is 0 Å². The molecule has 1 N–H and O–H groups in total. The molecule has 230 valence electrons. The lowest BCUT2D eigenvalue weighted by atomic mass is 9.64. The van der Waals surface area contributed by atoms with Gasteiger partial charge in [-0.3, -0.25) is 9.63 Å². The zero-order chi connectivity index (χ0) is 31.9. The summed E-state index contributed by atoms with van der Waals surface area (Å²) in [6, 6.07) is 40.6. The van der Waals surface area contributed by atoms with Crippen LogP contribution in [0.15, 0.2) is 143 Å². The lowest BCUT2D eigenvalue weighted by molar-refractivity contribution is -0.198. The van der Waals surface area contributed by atoms with Crippen LogP contribution in [0.25, 0.3) is 0 Å². The number of para-hydroxylation sites is 1. The van der Waals surface area contributed by atoms with Gasteiger partial charge in [-0.2, -0.15) is 8.42 Å². The lowest BCUT2D eigenvalue weighted by Gasteiger charge is -2.37. The average Bonchev–Trinajstić information content (AvgIpc) is 3.51. The van der Waals surface area contributed by atoms with Crippen molar-refractivity contribution >= 4 is 27.5 Å². The number of fused-ring (bicyclic) bond motifs is 2. The number of hydrogen-bond donors (Lipinski definition) is 1. The van der Waals surface area contributed by atoms with Gasteiger partial charge in [0.25, 0.3) is 15.9 Å². The number of amides is 1. The number of hydroxylamine groups is 2. The van der Waals surface area contributed by atoms with Gasteiger partial charge >= 0.3 is 0 Å². The number of nitrogens with zero attached hydrogens (tertiary/aromatic N) is 2. The van der Waals surface area contributed by atoms with Gasteiger partial charge in [-0.05, 0) is 54.3 Å². The predicted molar refractivity (Wildman–Crippen MR) is 179 cm³/mol. The standard InChI is InChI=1S/C38H33N3O4S/c1-26-17-21-30(22-18-26)35-38(34(29-13-7-4-8-14-29)36(42)41(35)45-25-28-11-5-3-6-12-28)32-15-9-10-16-33(32)39-37(38)40-46(43,44)31-23-19-27(2)20-24-31/h3-24,34-35H,25H2,1-2H3,(H,39,40). The normalized spacial score (nSPS) is 21.5. The summed E-state index contributed by atoms with van der Waals surface area (Å²) in [6.45, 7) is 4.05. The molecule has 5 aromatic rings. The number of rotatable bonds is 7. The summed E-state index contributed by atoms with van der Waals surface area (Å²) in [5.74, 6) is -0.974. The van der Waals surface area contributed by atoms with E-state index in [1.807, 2.05) is 123 Å². The van der Waals surface area contributed by atoms with Crippen LogP contribution in [0, 0.1) is 13.8 Å². The molecule has 1 spiro atoms. The molecular formula is C38H33N3O4S. The molecule has 1 fully saturated rings. The molecule has 2 aliphatic rings.